The minimum absolute atomic E-state index is 0.0372. The Balaban J connectivity index is 3.31. The molecule has 1 unspecified atom stereocenters. The lowest BCUT2D eigenvalue weighted by molar-refractivity contribution is -0.141. The van der Waals surface area contributed by atoms with Crippen LogP contribution in [0, 0.1) is 11.3 Å². The van der Waals surface area contributed by atoms with Crippen molar-refractivity contribution in [3.8, 4) is 0 Å². The number of nitrogens with zero attached hydrogens (tertiary/aromatic N) is 1. The van der Waals surface area contributed by atoms with Crippen LogP contribution in [0.4, 0.5) is 0 Å². The van der Waals surface area contributed by atoms with E-state index in [9.17, 15) is 14.4 Å². The van der Waals surface area contributed by atoms with Crippen molar-refractivity contribution in [1.29, 1.82) is 0 Å². The number of rotatable bonds is 11. The van der Waals surface area contributed by atoms with Crippen LogP contribution >= 0.6 is 15.9 Å². The van der Waals surface area contributed by atoms with Gasteiger partial charge >= 0.3 is 5.97 Å². The number of nitrogens with one attached hydrogen (secondary N) is 2. The quantitative estimate of drug-likeness (QED) is 0.289. The van der Waals surface area contributed by atoms with Crippen LogP contribution in [-0.2, 0) is 24.5 Å². The number of hydrogen-bond acceptors (Lipinski definition) is 5. The molecule has 1 aromatic carbocycles. The van der Waals surface area contributed by atoms with E-state index >= 15 is 0 Å². The molecule has 2 amide bonds. The second-order valence-electron chi connectivity index (χ2n) is 11.5. The molecular weight excluding hydrogens is 534 g/mol. The van der Waals surface area contributed by atoms with Gasteiger partial charge in [-0.1, -0.05) is 82.6 Å². The average Bonchev–Trinajstić information content (AvgIpc) is 2.79. The number of likely N-dealkylation sites (N-methyl/N-ethyl adjacent to an activating group) is 2. The lowest BCUT2D eigenvalue weighted by atomic mass is 9.76. The maximum atomic E-state index is 13.9. The maximum absolute atomic E-state index is 13.9. The lowest BCUT2D eigenvalue weighted by Gasteiger charge is -2.40. The van der Waals surface area contributed by atoms with E-state index in [0.29, 0.717) is 5.57 Å². The number of hydrogen-bond donors (Lipinski definition) is 2. The maximum Gasteiger partial charge on any atom is 0.333 e. The molecule has 0 saturated heterocycles. The van der Waals surface area contributed by atoms with Crippen molar-refractivity contribution in [1.82, 2.24) is 15.5 Å². The SMILES string of the molecule is CCOC(=O)C(C)=C[C@H](C(C)C)N(C)C(=O)[C@@H](NC(=O)C(NC)C(C)(C)c1cccc(Br)c1)C(C)(C)C. The molecule has 0 aliphatic carbocycles. The summed E-state index contributed by atoms with van der Waals surface area (Å²) in [5, 5.41) is 6.22. The lowest BCUT2D eigenvalue weighted by Crippen LogP contribution is -2.61. The average molecular weight is 581 g/mol. The van der Waals surface area contributed by atoms with E-state index in [1.807, 2.05) is 72.7 Å². The van der Waals surface area contributed by atoms with Crippen molar-refractivity contribution in [3.63, 3.8) is 0 Å². The smallest absolute Gasteiger partial charge is 0.333 e. The van der Waals surface area contributed by atoms with E-state index in [0.717, 1.165) is 10.0 Å². The van der Waals surface area contributed by atoms with E-state index in [-0.39, 0.29) is 30.4 Å². The molecule has 0 saturated carbocycles. The topological polar surface area (TPSA) is 87.7 Å². The van der Waals surface area contributed by atoms with Crippen molar-refractivity contribution in [2.75, 3.05) is 20.7 Å². The van der Waals surface area contributed by atoms with Gasteiger partial charge in [-0.05, 0) is 49.9 Å². The summed E-state index contributed by atoms with van der Waals surface area (Å²) in [5.74, 6) is -0.840. The molecule has 3 atom stereocenters. The Kier molecular flexibility index (Phi) is 12.0. The fraction of sp³-hybridized carbons (Fsp3) is 0.621. The van der Waals surface area contributed by atoms with E-state index < -0.39 is 28.9 Å². The molecule has 0 radical (unpaired) electrons. The number of carbonyl (C=O) groups excluding carboxylic acids is 3. The van der Waals surface area contributed by atoms with Crippen molar-refractivity contribution < 1.29 is 19.1 Å². The largest absolute Gasteiger partial charge is 0.463 e. The fourth-order valence-corrected chi connectivity index (χ4v) is 4.82. The molecule has 2 N–H and O–H groups in total. The minimum Gasteiger partial charge on any atom is -0.463 e. The highest BCUT2D eigenvalue weighted by Crippen LogP contribution is 2.30. The van der Waals surface area contributed by atoms with Gasteiger partial charge in [0.25, 0.3) is 0 Å². The number of esters is 1. The number of amides is 2. The summed E-state index contributed by atoms with van der Waals surface area (Å²) in [4.78, 5) is 41.4. The number of halogens is 1. The molecule has 0 bridgehead atoms. The van der Waals surface area contributed by atoms with Gasteiger partial charge in [-0.2, -0.15) is 0 Å². The van der Waals surface area contributed by atoms with Gasteiger partial charge in [0, 0.05) is 22.5 Å². The van der Waals surface area contributed by atoms with E-state index in [4.69, 9.17) is 4.74 Å². The van der Waals surface area contributed by atoms with Crippen molar-refractivity contribution in [3.05, 3.63) is 46.0 Å². The summed E-state index contributed by atoms with van der Waals surface area (Å²) in [5.41, 5.74) is 0.328. The summed E-state index contributed by atoms with van der Waals surface area (Å²) in [6.45, 7) is 17.5. The Morgan fingerprint density at radius 3 is 2.16 bits per heavy atom. The molecule has 37 heavy (non-hydrogen) atoms. The van der Waals surface area contributed by atoms with Gasteiger partial charge in [0.05, 0.1) is 18.7 Å². The Morgan fingerprint density at radius 2 is 1.70 bits per heavy atom. The Morgan fingerprint density at radius 1 is 1.11 bits per heavy atom. The van der Waals surface area contributed by atoms with Gasteiger partial charge in [0.15, 0.2) is 0 Å². The van der Waals surface area contributed by atoms with Crippen LogP contribution < -0.4 is 10.6 Å². The predicted molar refractivity (Wildman–Crippen MR) is 153 cm³/mol. The third kappa shape index (κ3) is 8.67. The number of benzene rings is 1. The zero-order valence-electron chi connectivity index (χ0n) is 24.4. The van der Waals surface area contributed by atoms with Crippen molar-refractivity contribution in [2.45, 2.75) is 85.9 Å². The third-order valence-corrected chi connectivity index (χ3v) is 7.23. The summed E-state index contributed by atoms with van der Waals surface area (Å²) < 4.78 is 6.05. The summed E-state index contributed by atoms with van der Waals surface area (Å²) in [6, 6.07) is 6.17. The zero-order valence-corrected chi connectivity index (χ0v) is 25.9. The fourth-order valence-electron chi connectivity index (χ4n) is 4.42. The molecule has 1 rings (SSSR count). The van der Waals surface area contributed by atoms with Gasteiger partial charge in [-0.3, -0.25) is 9.59 Å². The van der Waals surface area contributed by atoms with Crippen LogP contribution in [0.1, 0.15) is 67.9 Å². The summed E-state index contributed by atoms with van der Waals surface area (Å²) in [7, 11) is 3.47. The highest BCUT2D eigenvalue weighted by Gasteiger charge is 2.41. The number of ether oxygens (including phenoxy) is 1. The number of carbonyl (C=O) groups is 3. The highest BCUT2D eigenvalue weighted by molar-refractivity contribution is 9.10. The molecule has 208 valence electrons. The Labute approximate surface area is 231 Å². The molecule has 7 nitrogen and oxygen atoms in total. The molecule has 0 aliphatic rings. The Hall–Kier alpha value is -2.19. The van der Waals surface area contributed by atoms with Crippen LogP contribution in [0.5, 0.6) is 0 Å². The standard InChI is InChI=1S/C29H46BrN3O4/c1-12-37-27(36)19(4)16-22(18(2)3)33(11)26(35)24(28(5,6)7)32-25(34)23(31-10)29(8,9)20-14-13-15-21(30)17-20/h13-18,22-24,31H,12H2,1-11H3,(H,32,34)/t22-,23?,24-/m1/s1. The van der Waals surface area contributed by atoms with Crippen molar-refractivity contribution >= 4 is 33.7 Å². The molecule has 0 fully saturated rings. The van der Waals surface area contributed by atoms with Crippen LogP contribution in [0.15, 0.2) is 40.4 Å². The zero-order chi connectivity index (χ0) is 28.7. The van der Waals surface area contributed by atoms with Gasteiger partial charge in [-0.15, -0.1) is 0 Å². The summed E-state index contributed by atoms with van der Waals surface area (Å²) >= 11 is 3.52. The van der Waals surface area contributed by atoms with Gasteiger partial charge < -0.3 is 20.3 Å². The second-order valence-corrected chi connectivity index (χ2v) is 12.4. The second kappa shape index (κ2) is 13.6. The highest BCUT2D eigenvalue weighted by atomic mass is 79.9. The molecule has 0 aliphatic heterocycles. The van der Waals surface area contributed by atoms with Crippen LogP contribution in [-0.4, -0.2) is 61.5 Å². The van der Waals surface area contributed by atoms with E-state index in [1.54, 1.807) is 38.9 Å². The normalized spacial score (nSPS) is 15.1. The van der Waals surface area contributed by atoms with Crippen LogP contribution in [0.25, 0.3) is 0 Å². The molecule has 0 spiro atoms. The molecular formula is C29H46BrN3O4. The van der Waals surface area contributed by atoms with Gasteiger partial charge in [0.1, 0.15) is 6.04 Å². The van der Waals surface area contributed by atoms with Crippen LogP contribution in [0.2, 0.25) is 0 Å². The van der Waals surface area contributed by atoms with E-state index in [1.165, 1.54) is 0 Å². The summed E-state index contributed by atoms with van der Waals surface area (Å²) in [6.07, 6.45) is 1.77. The third-order valence-electron chi connectivity index (χ3n) is 6.74. The first-order valence-corrected chi connectivity index (χ1v) is 13.6. The molecule has 1 aromatic rings. The van der Waals surface area contributed by atoms with Crippen LogP contribution in [0.3, 0.4) is 0 Å². The minimum atomic E-state index is -0.781. The monoisotopic (exact) mass is 579 g/mol. The molecule has 0 heterocycles. The van der Waals surface area contributed by atoms with Gasteiger partial charge in [0.2, 0.25) is 11.8 Å². The van der Waals surface area contributed by atoms with Crippen molar-refractivity contribution in [2.24, 2.45) is 11.3 Å². The first-order chi connectivity index (χ1) is 17.0. The van der Waals surface area contributed by atoms with Gasteiger partial charge in [-0.25, -0.2) is 4.79 Å². The first kappa shape index (κ1) is 32.8. The predicted octanol–water partition coefficient (Wildman–Crippen LogP) is 4.84. The molecule has 8 heteroatoms. The first-order valence-electron chi connectivity index (χ1n) is 12.8. The van der Waals surface area contributed by atoms with E-state index in [2.05, 4.69) is 26.6 Å². The molecule has 0 aromatic heterocycles. The Bertz CT molecular complexity index is 982.